The minimum absolute atomic E-state index is 0.0676. The van der Waals surface area contributed by atoms with Gasteiger partial charge in [0, 0.05) is 10.4 Å². The summed E-state index contributed by atoms with van der Waals surface area (Å²) in [5, 5.41) is 14.5. The molecule has 1 aromatic carbocycles. The standard InChI is InChI=1S/C14H14BrNO2S/c1-2-9-5-6-19-13(9)8-16-14(18)10-3-4-11(15)12(17)7-10/h3-7,17H,2,8H2,1H3,(H,16,18). The quantitative estimate of drug-likeness (QED) is 0.891. The highest BCUT2D eigenvalue weighted by molar-refractivity contribution is 9.10. The molecule has 1 heterocycles. The SMILES string of the molecule is CCc1ccsc1CNC(=O)c1ccc(Br)c(O)c1. The fourth-order valence-electron chi connectivity index (χ4n) is 1.75. The zero-order chi connectivity index (χ0) is 13.8. The topological polar surface area (TPSA) is 49.3 Å². The van der Waals surface area contributed by atoms with Crippen LogP contribution in [0.2, 0.25) is 0 Å². The molecular formula is C14H14BrNO2S. The van der Waals surface area contributed by atoms with E-state index in [2.05, 4.69) is 34.2 Å². The molecule has 0 radical (unpaired) electrons. The van der Waals surface area contributed by atoms with Gasteiger partial charge in [0.25, 0.3) is 5.91 Å². The molecule has 0 aliphatic carbocycles. The predicted octanol–water partition coefficient (Wildman–Crippen LogP) is 3.71. The minimum atomic E-state index is -0.182. The molecule has 0 fully saturated rings. The summed E-state index contributed by atoms with van der Waals surface area (Å²) in [6.07, 6.45) is 0.966. The summed E-state index contributed by atoms with van der Waals surface area (Å²) in [6.45, 7) is 2.62. The first-order valence-corrected chi connectivity index (χ1v) is 7.61. The normalized spacial score (nSPS) is 10.4. The Morgan fingerprint density at radius 1 is 1.42 bits per heavy atom. The van der Waals surface area contributed by atoms with Gasteiger partial charge in [-0.05, 0) is 57.6 Å². The minimum Gasteiger partial charge on any atom is -0.507 e. The third kappa shape index (κ3) is 3.36. The van der Waals surface area contributed by atoms with Crippen molar-refractivity contribution in [2.75, 3.05) is 0 Å². The van der Waals surface area contributed by atoms with Crippen molar-refractivity contribution in [3.8, 4) is 5.75 Å². The van der Waals surface area contributed by atoms with E-state index in [9.17, 15) is 9.90 Å². The van der Waals surface area contributed by atoms with Crippen LogP contribution in [0, 0.1) is 0 Å². The highest BCUT2D eigenvalue weighted by atomic mass is 79.9. The number of aryl methyl sites for hydroxylation is 1. The Kier molecular flexibility index (Phi) is 4.61. The van der Waals surface area contributed by atoms with Crippen LogP contribution in [0.4, 0.5) is 0 Å². The van der Waals surface area contributed by atoms with Gasteiger partial charge in [0.2, 0.25) is 0 Å². The number of carbonyl (C=O) groups is 1. The van der Waals surface area contributed by atoms with Crippen LogP contribution in [0.15, 0.2) is 34.1 Å². The average molecular weight is 340 g/mol. The summed E-state index contributed by atoms with van der Waals surface area (Å²) in [5.74, 6) is -0.115. The molecular weight excluding hydrogens is 326 g/mol. The summed E-state index contributed by atoms with van der Waals surface area (Å²) >= 11 is 4.83. The zero-order valence-electron chi connectivity index (χ0n) is 10.4. The van der Waals surface area contributed by atoms with Crippen LogP contribution in [0.3, 0.4) is 0 Å². The Hall–Kier alpha value is -1.33. The van der Waals surface area contributed by atoms with Crippen molar-refractivity contribution < 1.29 is 9.90 Å². The Morgan fingerprint density at radius 2 is 2.21 bits per heavy atom. The molecule has 0 saturated carbocycles. The highest BCUT2D eigenvalue weighted by Crippen LogP contribution is 2.24. The van der Waals surface area contributed by atoms with Crippen LogP contribution in [0.1, 0.15) is 27.7 Å². The molecule has 2 N–H and O–H groups in total. The number of phenolic OH excluding ortho intramolecular Hbond substituents is 1. The van der Waals surface area contributed by atoms with Gasteiger partial charge in [-0.25, -0.2) is 0 Å². The maximum absolute atomic E-state index is 12.0. The van der Waals surface area contributed by atoms with Crippen molar-refractivity contribution in [3.05, 3.63) is 50.1 Å². The van der Waals surface area contributed by atoms with E-state index in [1.807, 2.05) is 5.38 Å². The number of halogens is 1. The molecule has 100 valence electrons. The van der Waals surface area contributed by atoms with Crippen molar-refractivity contribution in [3.63, 3.8) is 0 Å². The molecule has 2 aromatic rings. The van der Waals surface area contributed by atoms with Crippen LogP contribution in [0.25, 0.3) is 0 Å². The number of aromatic hydroxyl groups is 1. The lowest BCUT2D eigenvalue weighted by Crippen LogP contribution is -2.22. The van der Waals surface area contributed by atoms with Gasteiger partial charge in [0.05, 0.1) is 11.0 Å². The number of carbonyl (C=O) groups excluding carboxylic acids is 1. The fourth-order valence-corrected chi connectivity index (χ4v) is 2.92. The molecule has 0 saturated heterocycles. The largest absolute Gasteiger partial charge is 0.507 e. The molecule has 19 heavy (non-hydrogen) atoms. The second-order valence-corrected chi connectivity index (χ2v) is 5.93. The van der Waals surface area contributed by atoms with E-state index in [1.54, 1.807) is 23.5 Å². The first kappa shape index (κ1) is 14.1. The second-order valence-electron chi connectivity index (χ2n) is 4.07. The number of nitrogens with one attached hydrogen (secondary N) is 1. The molecule has 5 heteroatoms. The third-order valence-corrected chi connectivity index (χ3v) is 4.47. The van der Waals surface area contributed by atoms with E-state index >= 15 is 0 Å². The first-order valence-electron chi connectivity index (χ1n) is 5.93. The van der Waals surface area contributed by atoms with E-state index < -0.39 is 0 Å². The number of rotatable bonds is 4. The van der Waals surface area contributed by atoms with Gasteiger partial charge in [0.1, 0.15) is 5.75 Å². The van der Waals surface area contributed by atoms with Gasteiger partial charge in [0.15, 0.2) is 0 Å². The van der Waals surface area contributed by atoms with Crippen LogP contribution < -0.4 is 5.32 Å². The zero-order valence-corrected chi connectivity index (χ0v) is 12.8. The monoisotopic (exact) mass is 339 g/mol. The molecule has 0 spiro atoms. The molecule has 3 nitrogen and oxygen atoms in total. The highest BCUT2D eigenvalue weighted by Gasteiger charge is 2.09. The van der Waals surface area contributed by atoms with Gasteiger partial charge in [-0.1, -0.05) is 6.92 Å². The van der Waals surface area contributed by atoms with Crippen molar-refractivity contribution in [1.82, 2.24) is 5.32 Å². The predicted molar refractivity (Wildman–Crippen MR) is 80.7 cm³/mol. The maximum Gasteiger partial charge on any atom is 0.251 e. The van der Waals surface area contributed by atoms with Crippen molar-refractivity contribution >= 4 is 33.2 Å². The summed E-state index contributed by atoms with van der Waals surface area (Å²) in [7, 11) is 0. The van der Waals surface area contributed by atoms with Crippen LogP contribution in [-0.4, -0.2) is 11.0 Å². The molecule has 0 aliphatic heterocycles. The maximum atomic E-state index is 12.0. The van der Waals surface area contributed by atoms with Gasteiger partial charge >= 0.3 is 0 Å². The molecule has 2 rings (SSSR count). The Balaban J connectivity index is 2.03. The molecule has 0 atom stereocenters. The molecule has 1 aromatic heterocycles. The van der Waals surface area contributed by atoms with Gasteiger partial charge in [-0.3, -0.25) is 4.79 Å². The molecule has 0 unspecified atom stereocenters. The lowest BCUT2D eigenvalue weighted by molar-refractivity contribution is 0.0951. The average Bonchev–Trinajstić information content (AvgIpc) is 2.86. The molecule has 0 bridgehead atoms. The van der Waals surface area contributed by atoms with Gasteiger partial charge in [-0.2, -0.15) is 0 Å². The van der Waals surface area contributed by atoms with Crippen molar-refractivity contribution in [1.29, 1.82) is 0 Å². The van der Waals surface area contributed by atoms with E-state index in [-0.39, 0.29) is 11.7 Å². The summed E-state index contributed by atoms with van der Waals surface area (Å²) in [4.78, 5) is 13.1. The number of hydrogen-bond acceptors (Lipinski definition) is 3. The first-order chi connectivity index (χ1) is 9.11. The second kappa shape index (κ2) is 6.21. The van der Waals surface area contributed by atoms with E-state index in [1.165, 1.54) is 16.5 Å². The number of benzene rings is 1. The number of thiophene rings is 1. The Labute approximate surface area is 124 Å². The van der Waals surface area contributed by atoms with Crippen LogP contribution in [0.5, 0.6) is 5.75 Å². The third-order valence-electron chi connectivity index (χ3n) is 2.84. The summed E-state index contributed by atoms with van der Waals surface area (Å²) < 4.78 is 0.579. The Morgan fingerprint density at radius 3 is 2.89 bits per heavy atom. The molecule has 0 aliphatic rings. The van der Waals surface area contributed by atoms with E-state index in [4.69, 9.17) is 0 Å². The van der Waals surface area contributed by atoms with Crippen LogP contribution in [-0.2, 0) is 13.0 Å². The summed E-state index contributed by atoms with van der Waals surface area (Å²) in [6, 6.07) is 6.87. The Bertz CT molecular complexity index is 595. The van der Waals surface area contributed by atoms with Crippen molar-refractivity contribution in [2.45, 2.75) is 19.9 Å². The van der Waals surface area contributed by atoms with Crippen LogP contribution >= 0.6 is 27.3 Å². The van der Waals surface area contributed by atoms with E-state index in [0.29, 0.717) is 16.6 Å². The lowest BCUT2D eigenvalue weighted by atomic mass is 10.2. The number of phenols is 1. The smallest absolute Gasteiger partial charge is 0.251 e. The lowest BCUT2D eigenvalue weighted by Gasteiger charge is -2.06. The van der Waals surface area contributed by atoms with Gasteiger partial charge in [-0.15, -0.1) is 11.3 Å². The fraction of sp³-hybridized carbons (Fsp3) is 0.214. The number of hydrogen-bond donors (Lipinski definition) is 2. The van der Waals surface area contributed by atoms with Gasteiger partial charge < -0.3 is 10.4 Å². The van der Waals surface area contributed by atoms with Crippen molar-refractivity contribution in [2.24, 2.45) is 0 Å². The van der Waals surface area contributed by atoms with E-state index in [0.717, 1.165) is 6.42 Å². The molecule has 1 amide bonds. The summed E-state index contributed by atoms with van der Waals surface area (Å²) in [5.41, 5.74) is 1.72. The number of amides is 1.